The van der Waals surface area contributed by atoms with Gasteiger partial charge in [-0.2, -0.15) is 0 Å². The minimum atomic E-state index is -1.65. The highest BCUT2D eigenvalue weighted by atomic mass is 19.2. The van der Waals surface area contributed by atoms with E-state index in [4.69, 9.17) is 0 Å². The molecule has 1 aliphatic heterocycles. The van der Waals surface area contributed by atoms with Gasteiger partial charge >= 0.3 is 5.82 Å². The Kier molecular flexibility index (Phi) is 4.28. The van der Waals surface area contributed by atoms with Crippen molar-refractivity contribution in [1.82, 2.24) is 4.90 Å². The smallest absolute Gasteiger partial charge is 0.316 e. The van der Waals surface area contributed by atoms with Crippen LogP contribution >= 0.6 is 0 Å². The standard InChI is InChI=1S/C16H15F3N3O2/c17-12-5-4-11(14(18)15(12)19)16(23)21-9-7-20(8-10-21)13-3-1-2-6-22(13)24/h1-6,24H,7-10H2/q+1. The first kappa shape index (κ1) is 16.1. The zero-order valence-corrected chi connectivity index (χ0v) is 12.6. The first-order valence-corrected chi connectivity index (χ1v) is 7.36. The van der Waals surface area contributed by atoms with Gasteiger partial charge in [0.1, 0.15) is 19.3 Å². The van der Waals surface area contributed by atoms with Crippen molar-refractivity contribution in [2.24, 2.45) is 0 Å². The van der Waals surface area contributed by atoms with Crippen molar-refractivity contribution < 1.29 is 27.9 Å². The topological polar surface area (TPSA) is 47.7 Å². The monoisotopic (exact) mass is 338 g/mol. The van der Waals surface area contributed by atoms with E-state index in [0.29, 0.717) is 18.9 Å². The Labute approximate surface area is 136 Å². The van der Waals surface area contributed by atoms with Crippen LogP contribution in [0, 0.1) is 17.5 Å². The highest BCUT2D eigenvalue weighted by molar-refractivity contribution is 5.94. The molecule has 3 rings (SSSR count). The molecule has 1 aliphatic rings. The van der Waals surface area contributed by atoms with Crippen LogP contribution in [0.25, 0.3) is 0 Å². The molecule has 1 saturated heterocycles. The van der Waals surface area contributed by atoms with Gasteiger partial charge in [0.05, 0.1) is 18.7 Å². The molecule has 0 spiro atoms. The van der Waals surface area contributed by atoms with Gasteiger partial charge in [0.2, 0.25) is 0 Å². The molecule has 1 aromatic heterocycles. The van der Waals surface area contributed by atoms with Gasteiger partial charge in [0.15, 0.2) is 17.5 Å². The zero-order valence-electron chi connectivity index (χ0n) is 12.6. The van der Waals surface area contributed by atoms with Crippen LogP contribution in [0.1, 0.15) is 10.4 Å². The summed E-state index contributed by atoms with van der Waals surface area (Å²) in [5, 5.41) is 9.78. The van der Waals surface area contributed by atoms with Crippen LogP contribution in [0.3, 0.4) is 0 Å². The lowest BCUT2D eigenvalue weighted by atomic mass is 10.1. The van der Waals surface area contributed by atoms with E-state index >= 15 is 0 Å². The Bertz CT molecular complexity index is 777. The van der Waals surface area contributed by atoms with Gasteiger partial charge in [-0.25, -0.2) is 13.2 Å². The Morgan fingerprint density at radius 3 is 2.38 bits per heavy atom. The van der Waals surface area contributed by atoms with E-state index in [1.807, 2.05) is 4.90 Å². The predicted molar refractivity (Wildman–Crippen MR) is 78.3 cm³/mol. The summed E-state index contributed by atoms with van der Waals surface area (Å²) in [5.74, 6) is -4.56. The fourth-order valence-electron chi connectivity index (χ4n) is 2.68. The highest BCUT2D eigenvalue weighted by Crippen LogP contribution is 2.18. The van der Waals surface area contributed by atoms with Gasteiger partial charge in [0.25, 0.3) is 5.91 Å². The summed E-state index contributed by atoms with van der Waals surface area (Å²) in [5.41, 5.74) is -0.487. The van der Waals surface area contributed by atoms with Crippen LogP contribution in [0.2, 0.25) is 0 Å². The lowest BCUT2D eigenvalue weighted by molar-refractivity contribution is -0.894. The summed E-state index contributed by atoms with van der Waals surface area (Å²) < 4.78 is 41.0. The second-order valence-corrected chi connectivity index (χ2v) is 5.41. The van der Waals surface area contributed by atoms with Gasteiger partial charge in [-0.1, -0.05) is 10.8 Å². The fourth-order valence-corrected chi connectivity index (χ4v) is 2.68. The molecule has 0 atom stereocenters. The van der Waals surface area contributed by atoms with E-state index < -0.39 is 28.9 Å². The molecule has 8 heteroatoms. The normalized spacial score (nSPS) is 14.8. The first-order valence-electron chi connectivity index (χ1n) is 7.36. The van der Waals surface area contributed by atoms with Crippen molar-refractivity contribution >= 4 is 11.7 Å². The number of hydrogen-bond donors (Lipinski definition) is 1. The Morgan fingerprint density at radius 1 is 1.00 bits per heavy atom. The van der Waals surface area contributed by atoms with Crippen LogP contribution in [-0.4, -0.2) is 42.2 Å². The molecule has 2 aromatic rings. The third-order valence-electron chi connectivity index (χ3n) is 3.97. The minimum absolute atomic E-state index is 0.270. The van der Waals surface area contributed by atoms with E-state index in [1.54, 1.807) is 18.2 Å². The fraction of sp³-hybridized carbons (Fsp3) is 0.250. The Morgan fingerprint density at radius 2 is 1.71 bits per heavy atom. The van der Waals surface area contributed by atoms with Gasteiger partial charge in [-0.15, -0.1) is 0 Å². The molecule has 2 heterocycles. The molecule has 0 aliphatic carbocycles. The third kappa shape index (κ3) is 2.86. The number of carbonyl (C=O) groups excluding carboxylic acids is 1. The molecule has 1 fully saturated rings. The summed E-state index contributed by atoms with van der Waals surface area (Å²) in [6, 6.07) is 6.86. The van der Waals surface area contributed by atoms with Gasteiger partial charge in [0, 0.05) is 6.07 Å². The number of aromatic nitrogens is 1. The summed E-state index contributed by atoms with van der Waals surface area (Å²) in [7, 11) is 0. The number of carbonyl (C=O) groups is 1. The zero-order chi connectivity index (χ0) is 17.3. The molecule has 126 valence electrons. The van der Waals surface area contributed by atoms with Crippen LogP contribution in [0.5, 0.6) is 0 Å². The van der Waals surface area contributed by atoms with E-state index in [0.717, 1.165) is 16.9 Å². The van der Waals surface area contributed by atoms with Crippen LogP contribution in [0.15, 0.2) is 36.5 Å². The molecule has 1 N–H and O–H groups in total. The van der Waals surface area contributed by atoms with Gasteiger partial charge in [-0.3, -0.25) is 9.69 Å². The van der Waals surface area contributed by atoms with Crippen molar-refractivity contribution in [3.05, 3.63) is 59.5 Å². The highest BCUT2D eigenvalue weighted by Gasteiger charge is 2.30. The van der Waals surface area contributed by atoms with E-state index in [1.165, 1.54) is 11.1 Å². The molecule has 0 saturated carbocycles. The number of hydrogen-bond acceptors (Lipinski definition) is 3. The third-order valence-corrected chi connectivity index (χ3v) is 3.97. The van der Waals surface area contributed by atoms with Crippen molar-refractivity contribution in [2.75, 3.05) is 31.1 Å². The molecule has 0 bridgehead atoms. The average molecular weight is 338 g/mol. The minimum Gasteiger partial charge on any atom is -0.350 e. The van der Waals surface area contributed by atoms with Crippen molar-refractivity contribution in [3.8, 4) is 0 Å². The van der Waals surface area contributed by atoms with Crippen LogP contribution < -0.4 is 9.63 Å². The summed E-state index contributed by atoms with van der Waals surface area (Å²) in [6.07, 6.45) is 1.49. The molecule has 24 heavy (non-hydrogen) atoms. The molecule has 1 amide bonds. The number of piperazine rings is 1. The molecular formula is C16H15F3N3O2+. The van der Waals surface area contributed by atoms with Crippen molar-refractivity contribution in [3.63, 3.8) is 0 Å². The number of nitrogens with zero attached hydrogens (tertiary/aromatic N) is 3. The molecule has 5 nitrogen and oxygen atoms in total. The maximum Gasteiger partial charge on any atom is 0.316 e. The predicted octanol–water partition coefficient (Wildman–Crippen LogP) is 1.59. The molecule has 0 unspecified atom stereocenters. The summed E-state index contributed by atoms with van der Waals surface area (Å²) >= 11 is 0. The number of amides is 1. The van der Waals surface area contributed by atoms with Gasteiger partial charge < -0.3 is 10.1 Å². The van der Waals surface area contributed by atoms with E-state index in [9.17, 15) is 23.2 Å². The Balaban J connectivity index is 1.72. The van der Waals surface area contributed by atoms with Crippen molar-refractivity contribution in [2.45, 2.75) is 0 Å². The molecule has 1 aromatic carbocycles. The summed E-state index contributed by atoms with van der Waals surface area (Å²) in [4.78, 5) is 15.6. The first-order chi connectivity index (χ1) is 11.5. The maximum absolute atomic E-state index is 13.8. The van der Waals surface area contributed by atoms with Crippen molar-refractivity contribution in [1.29, 1.82) is 0 Å². The lowest BCUT2D eigenvalue weighted by Crippen LogP contribution is -2.52. The lowest BCUT2D eigenvalue weighted by Gasteiger charge is -2.31. The Hall–Kier alpha value is -2.77. The largest absolute Gasteiger partial charge is 0.350 e. The SMILES string of the molecule is O=C(c1ccc(F)c(F)c1F)N1CCN(c2cccc[n+]2O)CC1. The van der Waals surface area contributed by atoms with E-state index in [2.05, 4.69) is 0 Å². The van der Waals surface area contributed by atoms with Crippen LogP contribution in [-0.2, 0) is 0 Å². The summed E-state index contributed by atoms with van der Waals surface area (Å²) in [6.45, 7) is 1.38. The average Bonchev–Trinajstić information content (AvgIpc) is 2.60. The van der Waals surface area contributed by atoms with E-state index in [-0.39, 0.29) is 13.1 Å². The number of anilines is 1. The van der Waals surface area contributed by atoms with Crippen LogP contribution in [0.4, 0.5) is 19.0 Å². The number of rotatable bonds is 2. The maximum atomic E-state index is 13.8. The number of pyridine rings is 1. The number of halogens is 3. The quantitative estimate of drug-likeness (QED) is 0.514. The second kappa shape index (κ2) is 6.38. The van der Waals surface area contributed by atoms with Gasteiger partial charge in [-0.05, 0) is 18.2 Å². The molecule has 0 radical (unpaired) electrons. The molecular weight excluding hydrogens is 323 g/mol. The number of benzene rings is 1. The second-order valence-electron chi connectivity index (χ2n) is 5.41.